The van der Waals surface area contributed by atoms with E-state index in [2.05, 4.69) is 0 Å². The summed E-state index contributed by atoms with van der Waals surface area (Å²) in [6.45, 7) is 5.44. The highest BCUT2D eigenvalue weighted by atomic mass is 16.4. The van der Waals surface area contributed by atoms with Crippen LogP contribution in [0.5, 0.6) is 0 Å². The van der Waals surface area contributed by atoms with E-state index < -0.39 is 11.4 Å². The molecule has 0 radical (unpaired) electrons. The minimum absolute atomic E-state index is 0.0265. The molecule has 1 aromatic carbocycles. The summed E-state index contributed by atoms with van der Waals surface area (Å²) in [7, 11) is 0. The molecule has 0 heterocycles. The molecule has 19 heavy (non-hydrogen) atoms. The molecular weight excluding hydrogens is 242 g/mol. The van der Waals surface area contributed by atoms with Crippen molar-refractivity contribution in [2.45, 2.75) is 40.0 Å². The van der Waals surface area contributed by atoms with E-state index in [1.54, 1.807) is 32.0 Å². The van der Waals surface area contributed by atoms with E-state index in [9.17, 15) is 14.7 Å². The maximum Gasteiger partial charge on any atom is 0.310 e. The van der Waals surface area contributed by atoms with Crippen LogP contribution in [0.15, 0.2) is 18.2 Å². The van der Waals surface area contributed by atoms with Gasteiger partial charge in [0.2, 0.25) is 0 Å². The van der Waals surface area contributed by atoms with Gasteiger partial charge in [0.25, 0.3) is 0 Å². The van der Waals surface area contributed by atoms with Crippen molar-refractivity contribution in [1.29, 1.82) is 0 Å². The summed E-state index contributed by atoms with van der Waals surface area (Å²) >= 11 is 0. The third-order valence-corrected chi connectivity index (χ3v) is 3.90. The summed E-state index contributed by atoms with van der Waals surface area (Å²) in [4.78, 5) is 23.6. The molecule has 104 valence electrons. The summed E-state index contributed by atoms with van der Waals surface area (Å²) in [5.74, 6) is -1.05. The monoisotopic (exact) mass is 263 g/mol. The molecule has 0 fully saturated rings. The quantitative estimate of drug-likeness (QED) is 0.610. The van der Waals surface area contributed by atoms with Crippen LogP contribution in [0.2, 0.25) is 0 Å². The molecular formula is C15H21NO3. The van der Waals surface area contributed by atoms with Crippen LogP contribution in [-0.2, 0) is 4.79 Å². The second-order valence-corrected chi connectivity index (χ2v) is 4.96. The van der Waals surface area contributed by atoms with E-state index in [1.165, 1.54) is 0 Å². The summed E-state index contributed by atoms with van der Waals surface area (Å²) in [5.41, 5.74) is 6.74. The van der Waals surface area contributed by atoms with Crippen LogP contribution in [0.3, 0.4) is 0 Å². The molecule has 0 saturated heterocycles. The lowest BCUT2D eigenvalue weighted by Crippen LogP contribution is -2.32. The average Bonchev–Trinajstić information content (AvgIpc) is 2.38. The van der Waals surface area contributed by atoms with E-state index in [0.717, 1.165) is 5.56 Å². The van der Waals surface area contributed by atoms with Gasteiger partial charge in [-0.2, -0.15) is 0 Å². The smallest absolute Gasteiger partial charge is 0.310 e. The summed E-state index contributed by atoms with van der Waals surface area (Å²) in [6.07, 6.45) is 0.912. The SMILES string of the molecule is CCC(CC)(CC(=O)c1ccc(N)c(C)c1)C(=O)O. The molecule has 1 aromatic rings. The van der Waals surface area contributed by atoms with Gasteiger partial charge in [0.1, 0.15) is 0 Å². The Balaban J connectivity index is 3.00. The van der Waals surface area contributed by atoms with Gasteiger partial charge >= 0.3 is 5.97 Å². The van der Waals surface area contributed by atoms with Crippen molar-refractivity contribution < 1.29 is 14.7 Å². The van der Waals surface area contributed by atoms with Gasteiger partial charge < -0.3 is 10.8 Å². The standard InChI is InChI=1S/C15H21NO3/c1-4-15(5-2,14(18)19)9-13(17)11-6-7-12(16)10(3)8-11/h6-8H,4-5,9,16H2,1-3H3,(H,18,19). The number of carbonyl (C=O) groups is 2. The molecule has 0 aromatic heterocycles. The second kappa shape index (κ2) is 5.87. The van der Waals surface area contributed by atoms with E-state index in [0.29, 0.717) is 24.1 Å². The number of aliphatic carboxylic acids is 1. The Morgan fingerprint density at radius 2 is 1.84 bits per heavy atom. The molecule has 0 spiro atoms. The lowest BCUT2D eigenvalue weighted by molar-refractivity contribution is -0.149. The number of Topliss-reactive ketones (excluding diaryl/α,β-unsaturated/α-hetero) is 1. The maximum atomic E-state index is 12.2. The molecule has 1 rings (SSSR count). The minimum atomic E-state index is -0.966. The lowest BCUT2D eigenvalue weighted by Gasteiger charge is -2.25. The fourth-order valence-corrected chi connectivity index (χ4v) is 2.14. The Morgan fingerprint density at radius 3 is 2.26 bits per heavy atom. The minimum Gasteiger partial charge on any atom is -0.481 e. The molecule has 4 heteroatoms. The van der Waals surface area contributed by atoms with Crippen molar-refractivity contribution in [1.82, 2.24) is 0 Å². The number of rotatable bonds is 6. The summed E-state index contributed by atoms with van der Waals surface area (Å²) in [5, 5.41) is 9.35. The third-order valence-electron chi connectivity index (χ3n) is 3.90. The van der Waals surface area contributed by atoms with Crippen molar-refractivity contribution in [3.05, 3.63) is 29.3 Å². The zero-order valence-corrected chi connectivity index (χ0v) is 11.7. The highest BCUT2D eigenvalue weighted by molar-refractivity contribution is 5.99. The Labute approximate surface area is 113 Å². The number of carbonyl (C=O) groups excluding carboxylic acids is 1. The number of anilines is 1. The topological polar surface area (TPSA) is 80.4 Å². The number of hydrogen-bond donors (Lipinski definition) is 2. The number of carboxylic acids is 1. The van der Waals surface area contributed by atoms with Gasteiger partial charge in [-0.15, -0.1) is 0 Å². The van der Waals surface area contributed by atoms with Gasteiger partial charge in [0, 0.05) is 17.7 Å². The van der Waals surface area contributed by atoms with Gasteiger partial charge in [-0.05, 0) is 43.5 Å². The van der Waals surface area contributed by atoms with E-state index in [4.69, 9.17) is 5.73 Å². The average molecular weight is 263 g/mol. The number of nitrogen functional groups attached to an aromatic ring is 1. The van der Waals surface area contributed by atoms with Gasteiger partial charge in [-0.1, -0.05) is 13.8 Å². The predicted molar refractivity (Wildman–Crippen MR) is 75.2 cm³/mol. The van der Waals surface area contributed by atoms with Crippen molar-refractivity contribution in [3.8, 4) is 0 Å². The molecule has 0 bridgehead atoms. The summed E-state index contributed by atoms with van der Waals surface area (Å²) < 4.78 is 0. The van der Waals surface area contributed by atoms with Gasteiger partial charge in [0.15, 0.2) is 5.78 Å². The van der Waals surface area contributed by atoms with Gasteiger partial charge in [0.05, 0.1) is 5.41 Å². The van der Waals surface area contributed by atoms with Crippen LogP contribution in [-0.4, -0.2) is 16.9 Å². The molecule has 0 aliphatic rings. The number of carboxylic acid groups (broad SMARTS) is 1. The zero-order chi connectivity index (χ0) is 14.6. The number of ketones is 1. The first-order valence-corrected chi connectivity index (χ1v) is 6.49. The predicted octanol–water partition coefficient (Wildman–Crippen LogP) is 3.04. The van der Waals surface area contributed by atoms with Crippen LogP contribution in [0.4, 0.5) is 5.69 Å². The number of hydrogen-bond acceptors (Lipinski definition) is 3. The first-order valence-electron chi connectivity index (χ1n) is 6.49. The first kappa shape index (κ1) is 15.2. The lowest BCUT2D eigenvalue weighted by atomic mass is 9.77. The van der Waals surface area contributed by atoms with E-state index in [1.807, 2.05) is 6.92 Å². The van der Waals surface area contributed by atoms with Crippen LogP contribution in [0, 0.1) is 12.3 Å². The molecule has 0 unspecified atom stereocenters. The van der Waals surface area contributed by atoms with Crippen LogP contribution >= 0.6 is 0 Å². The van der Waals surface area contributed by atoms with Crippen LogP contribution in [0.25, 0.3) is 0 Å². The number of benzene rings is 1. The van der Waals surface area contributed by atoms with Crippen molar-refractivity contribution in [2.24, 2.45) is 5.41 Å². The first-order chi connectivity index (χ1) is 8.86. The molecule has 4 nitrogen and oxygen atoms in total. The van der Waals surface area contributed by atoms with Crippen LogP contribution in [0.1, 0.15) is 49.0 Å². The van der Waals surface area contributed by atoms with Gasteiger partial charge in [-0.25, -0.2) is 0 Å². The molecule has 0 aliphatic heterocycles. The van der Waals surface area contributed by atoms with Gasteiger partial charge in [-0.3, -0.25) is 9.59 Å². The van der Waals surface area contributed by atoms with Crippen LogP contribution < -0.4 is 5.73 Å². The van der Waals surface area contributed by atoms with Crippen molar-refractivity contribution in [2.75, 3.05) is 5.73 Å². The summed E-state index contributed by atoms with van der Waals surface area (Å²) in [6, 6.07) is 5.06. The maximum absolute atomic E-state index is 12.2. The van der Waals surface area contributed by atoms with Crippen molar-refractivity contribution in [3.63, 3.8) is 0 Å². The van der Waals surface area contributed by atoms with Crippen molar-refractivity contribution >= 4 is 17.4 Å². The largest absolute Gasteiger partial charge is 0.481 e. The van der Waals surface area contributed by atoms with E-state index >= 15 is 0 Å². The Morgan fingerprint density at radius 1 is 1.26 bits per heavy atom. The third kappa shape index (κ3) is 3.13. The fraction of sp³-hybridized carbons (Fsp3) is 0.467. The Bertz CT molecular complexity index is 490. The number of nitrogens with two attached hydrogens (primary N) is 1. The zero-order valence-electron chi connectivity index (χ0n) is 11.7. The molecule has 0 atom stereocenters. The number of aryl methyl sites for hydroxylation is 1. The fourth-order valence-electron chi connectivity index (χ4n) is 2.14. The Kier molecular flexibility index (Phi) is 4.70. The highest BCUT2D eigenvalue weighted by Gasteiger charge is 2.37. The molecule has 0 saturated carbocycles. The molecule has 0 aliphatic carbocycles. The van der Waals surface area contributed by atoms with E-state index in [-0.39, 0.29) is 12.2 Å². The highest BCUT2D eigenvalue weighted by Crippen LogP contribution is 2.32. The second-order valence-electron chi connectivity index (χ2n) is 4.96. The molecule has 0 amide bonds. The molecule has 3 N–H and O–H groups in total. The Hall–Kier alpha value is -1.84. The normalized spacial score (nSPS) is 11.3.